The Morgan fingerprint density at radius 1 is 1.44 bits per heavy atom. The lowest BCUT2D eigenvalue weighted by Gasteiger charge is -2.32. The van der Waals surface area contributed by atoms with Crippen LogP contribution in [0.5, 0.6) is 5.88 Å². The lowest BCUT2D eigenvalue weighted by Crippen LogP contribution is -2.47. The lowest BCUT2D eigenvalue weighted by atomic mass is 9.96. The first-order chi connectivity index (χ1) is 12.1. The Bertz CT molecular complexity index is 591. The number of amides is 2. The highest BCUT2D eigenvalue weighted by Crippen LogP contribution is 2.22. The van der Waals surface area contributed by atoms with Crippen molar-refractivity contribution in [3.05, 3.63) is 23.9 Å². The molecule has 1 aliphatic rings. The van der Waals surface area contributed by atoms with Gasteiger partial charge in [-0.05, 0) is 45.2 Å². The van der Waals surface area contributed by atoms with E-state index in [4.69, 9.17) is 4.74 Å². The highest BCUT2D eigenvalue weighted by atomic mass is 16.5. The van der Waals surface area contributed by atoms with Crippen molar-refractivity contribution in [3.63, 3.8) is 0 Å². The number of ether oxygens (including phenoxy) is 1. The Labute approximate surface area is 150 Å². The van der Waals surface area contributed by atoms with Crippen molar-refractivity contribution in [3.8, 4) is 5.88 Å². The van der Waals surface area contributed by atoms with E-state index >= 15 is 0 Å². The molecule has 1 N–H and O–H groups in total. The van der Waals surface area contributed by atoms with E-state index in [1.54, 1.807) is 23.2 Å². The molecule has 0 unspecified atom stereocenters. The number of rotatable bonds is 7. The highest BCUT2D eigenvalue weighted by molar-refractivity contribution is 5.96. The molecule has 138 valence electrons. The molecule has 1 aromatic heterocycles. The molecule has 25 heavy (non-hydrogen) atoms. The van der Waals surface area contributed by atoms with Gasteiger partial charge in [0, 0.05) is 25.3 Å². The van der Waals surface area contributed by atoms with Crippen molar-refractivity contribution in [1.82, 2.24) is 15.2 Å². The Morgan fingerprint density at radius 3 is 2.96 bits per heavy atom. The zero-order valence-corrected chi connectivity index (χ0v) is 15.5. The maximum Gasteiger partial charge on any atom is 0.259 e. The second kappa shape index (κ2) is 9.39. The second-order valence-electron chi connectivity index (χ2n) is 6.58. The number of hydrogen-bond donors (Lipinski definition) is 1. The van der Waals surface area contributed by atoms with Gasteiger partial charge in [-0.15, -0.1) is 0 Å². The number of nitrogens with one attached hydrogen (secondary N) is 1. The fourth-order valence-corrected chi connectivity index (χ4v) is 3.22. The monoisotopic (exact) mass is 347 g/mol. The van der Waals surface area contributed by atoms with Gasteiger partial charge >= 0.3 is 0 Å². The minimum Gasteiger partial charge on any atom is -0.477 e. The van der Waals surface area contributed by atoms with Crippen molar-refractivity contribution in [2.24, 2.45) is 5.92 Å². The van der Waals surface area contributed by atoms with E-state index in [0.29, 0.717) is 31.1 Å². The average molecular weight is 347 g/mol. The Morgan fingerprint density at radius 2 is 2.24 bits per heavy atom. The number of nitrogens with zero attached hydrogens (tertiary/aromatic N) is 2. The summed E-state index contributed by atoms with van der Waals surface area (Å²) < 4.78 is 5.46. The maximum atomic E-state index is 12.9. The topological polar surface area (TPSA) is 71.5 Å². The standard InChI is InChI=1S/C19H29N3O3/c1-4-8-14(3)21-17(23)15-9-7-12-22(13-15)19(24)16-10-6-11-20-18(16)25-5-2/h6,10-11,14-15H,4-5,7-9,12-13H2,1-3H3,(H,21,23)/t14-,15+/m1/s1. The smallest absolute Gasteiger partial charge is 0.259 e. The first-order valence-corrected chi connectivity index (χ1v) is 9.24. The Balaban J connectivity index is 2.03. The minimum absolute atomic E-state index is 0.0506. The van der Waals surface area contributed by atoms with Gasteiger partial charge in [-0.25, -0.2) is 4.98 Å². The predicted molar refractivity (Wildman–Crippen MR) is 96.5 cm³/mol. The van der Waals surface area contributed by atoms with Gasteiger partial charge in [0.1, 0.15) is 5.56 Å². The highest BCUT2D eigenvalue weighted by Gasteiger charge is 2.30. The van der Waals surface area contributed by atoms with E-state index in [0.717, 1.165) is 25.7 Å². The van der Waals surface area contributed by atoms with Crippen LogP contribution in [-0.2, 0) is 4.79 Å². The molecule has 6 heteroatoms. The third-order valence-electron chi connectivity index (χ3n) is 4.47. The van der Waals surface area contributed by atoms with E-state index in [2.05, 4.69) is 17.2 Å². The summed E-state index contributed by atoms with van der Waals surface area (Å²) in [5.41, 5.74) is 0.463. The van der Waals surface area contributed by atoms with E-state index < -0.39 is 0 Å². The van der Waals surface area contributed by atoms with Gasteiger partial charge in [-0.2, -0.15) is 0 Å². The summed E-state index contributed by atoms with van der Waals surface area (Å²) in [5.74, 6) is 0.146. The molecular formula is C19H29N3O3. The zero-order chi connectivity index (χ0) is 18.2. The predicted octanol–water partition coefficient (Wildman–Crippen LogP) is 2.64. The number of carbonyl (C=O) groups excluding carboxylic acids is 2. The number of pyridine rings is 1. The molecule has 0 aliphatic carbocycles. The van der Waals surface area contributed by atoms with Crippen molar-refractivity contribution in [1.29, 1.82) is 0 Å². The molecule has 2 atom stereocenters. The summed E-state index contributed by atoms with van der Waals surface area (Å²) in [5, 5.41) is 3.07. The molecular weight excluding hydrogens is 318 g/mol. The van der Waals surface area contributed by atoms with E-state index in [1.165, 1.54) is 0 Å². The molecule has 0 radical (unpaired) electrons. The summed E-state index contributed by atoms with van der Waals surface area (Å²) in [6.07, 6.45) is 5.27. The molecule has 2 rings (SSSR count). The van der Waals surface area contributed by atoms with Crippen LogP contribution >= 0.6 is 0 Å². The number of hydrogen-bond acceptors (Lipinski definition) is 4. The number of piperidine rings is 1. The second-order valence-corrected chi connectivity index (χ2v) is 6.58. The quantitative estimate of drug-likeness (QED) is 0.823. The summed E-state index contributed by atoms with van der Waals surface area (Å²) in [7, 11) is 0. The summed E-state index contributed by atoms with van der Waals surface area (Å²) in [6.45, 7) is 7.56. The van der Waals surface area contributed by atoms with Gasteiger partial charge in [-0.1, -0.05) is 13.3 Å². The Hall–Kier alpha value is -2.11. The van der Waals surface area contributed by atoms with Crippen molar-refractivity contribution < 1.29 is 14.3 Å². The van der Waals surface area contributed by atoms with Crippen LogP contribution in [0.3, 0.4) is 0 Å². The van der Waals surface area contributed by atoms with E-state index in [-0.39, 0.29) is 23.8 Å². The zero-order valence-electron chi connectivity index (χ0n) is 15.5. The number of carbonyl (C=O) groups is 2. The van der Waals surface area contributed by atoms with Gasteiger partial charge in [0.15, 0.2) is 0 Å². The normalized spacial score (nSPS) is 18.5. The van der Waals surface area contributed by atoms with Crippen molar-refractivity contribution in [2.75, 3.05) is 19.7 Å². The average Bonchev–Trinajstić information content (AvgIpc) is 2.62. The summed E-state index contributed by atoms with van der Waals surface area (Å²) in [4.78, 5) is 31.2. The molecule has 2 amide bonds. The summed E-state index contributed by atoms with van der Waals surface area (Å²) in [6, 6.07) is 3.63. The minimum atomic E-state index is -0.149. The molecule has 1 aromatic rings. The van der Waals surface area contributed by atoms with Crippen LogP contribution in [0.15, 0.2) is 18.3 Å². The largest absolute Gasteiger partial charge is 0.477 e. The van der Waals surface area contributed by atoms with Crippen LogP contribution in [0.4, 0.5) is 0 Å². The molecule has 6 nitrogen and oxygen atoms in total. The van der Waals surface area contributed by atoms with Gasteiger partial charge in [0.05, 0.1) is 12.5 Å². The fourth-order valence-electron chi connectivity index (χ4n) is 3.22. The molecule has 0 aromatic carbocycles. The van der Waals surface area contributed by atoms with Crippen LogP contribution in [-0.4, -0.2) is 47.4 Å². The van der Waals surface area contributed by atoms with Crippen LogP contribution in [0.2, 0.25) is 0 Å². The first kappa shape index (κ1) is 19.2. The van der Waals surface area contributed by atoms with Gasteiger partial charge in [-0.3, -0.25) is 9.59 Å². The third kappa shape index (κ3) is 5.18. The third-order valence-corrected chi connectivity index (χ3v) is 4.47. The van der Waals surface area contributed by atoms with Crippen molar-refractivity contribution >= 4 is 11.8 Å². The maximum absolute atomic E-state index is 12.9. The molecule has 1 aliphatic heterocycles. The van der Waals surface area contributed by atoms with Gasteiger partial charge in [0.25, 0.3) is 5.91 Å². The van der Waals surface area contributed by atoms with Gasteiger partial charge in [0.2, 0.25) is 11.8 Å². The number of likely N-dealkylation sites (tertiary alicyclic amines) is 1. The van der Waals surface area contributed by atoms with Crippen molar-refractivity contribution in [2.45, 2.75) is 52.5 Å². The van der Waals surface area contributed by atoms with E-state index in [1.807, 2.05) is 13.8 Å². The van der Waals surface area contributed by atoms with Crippen LogP contribution in [0.25, 0.3) is 0 Å². The lowest BCUT2D eigenvalue weighted by molar-refractivity contribution is -0.127. The fraction of sp³-hybridized carbons (Fsp3) is 0.632. The summed E-state index contributed by atoms with van der Waals surface area (Å²) >= 11 is 0. The molecule has 0 saturated carbocycles. The van der Waals surface area contributed by atoms with Gasteiger partial charge < -0.3 is 15.0 Å². The molecule has 1 saturated heterocycles. The van der Waals surface area contributed by atoms with Crippen LogP contribution < -0.4 is 10.1 Å². The first-order valence-electron chi connectivity index (χ1n) is 9.24. The molecule has 1 fully saturated rings. The van der Waals surface area contributed by atoms with Crippen LogP contribution in [0.1, 0.15) is 56.8 Å². The molecule has 0 bridgehead atoms. The SMILES string of the molecule is CCC[C@@H](C)NC(=O)[C@H]1CCCN(C(=O)c2cccnc2OCC)C1. The molecule has 2 heterocycles. The number of aromatic nitrogens is 1. The van der Waals surface area contributed by atoms with Crippen LogP contribution in [0, 0.1) is 5.92 Å². The molecule has 0 spiro atoms. The Kier molecular flexibility index (Phi) is 7.22. The van der Waals surface area contributed by atoms with E-state index in [9.17, 15) is 9.59 Å².